The van der Waals surface area contributed by atoms with E-state index in [4.69, 9.17) is 5.73 Å². The lowest BCUT2D eigenvalue weighted by Gasteiger charge is -2.23. The second-order valence-corrected chi connectivity index (χ2v) is 7.74. The molecule has 4 nitrogen and oxygen atoms in total. The van der Waals surface area contributed by atoms with Crippen molar-refractivity contribution in [2.75, 3.05) is 13.1 Å². The van der Waals surface area contributed by atoms with Gasteiger partial charge in [0.25, 0.3) is 0 Å². The van der Waals surface area contributed by atoms with Crippen molar-refractivity contribution < 1.29 is 8.42 Å². The third-order valence-electron chi connectivity index (χ3n) is 4.72. The minimum Gasteiger partial charge on any atom is -0.326 e. The van der Waals surface area contributed by atoms with E-state index in [0.717, 1.165) is 28.7 Å². The highest BCUT2D eigenvalue weighted by Crippen LogP contribution is 2.32. The van der Waals surface area contributed by atoms with E-state index in [9.17, 15) is 8.42 Å². The van der Waals surface area contributed by atoms with Crippen LogP contribution in [0, 0.1) is 34.6 Å². The first-order valence-corrected chi connectivity index (χ1v) is 8.44. The predicted molar refractivity (Wildman–Crippen MR) is 81.5 cm³/mol. The summed E-state index contributed by atoms with van der Waals surface area (Å²) in [6, 6.07) is -0.0435. The smallest absolute Gasteiger partial charge is 0.243 e. The summed E-state index contributed by atoms with van der Waals surface area (Å²) >= 11 is 0. The molecule has 2 rings (SSSR count). The molecule has 1 heterocycles. The van der Waals surface area contributed by atoms with Crippen LogP contribution in [-0.2, 0) is 10.0 Å². The van der Waals surface area contributed by atoms with Crippen LogP contribution in [0.1, 0.15) is 34.2 Å². The molecular weight excluding hydrogens is 272 g/mol. The summed E-state index contributed by atoms with van der Waals surface area (Å²) in [5, 5.41) is 0. The Balaban J connectivity index is 2.64. The third-order valence-corrected chi connectivity index (χ3v) is 6.86. The van der Waals surface area contributed by atoms with Gasteiger partial charge in [-0.1, -0.05) is 0 Å². The van der Waals surface area contributed by atoms with Crippen LogP contribution in [0.3, 0.4) is 0 Å². The van der Waals surface area contributed by atoms with E-state index in [2.05, 4.69) is 0 Å². The zero-order valence-electron chi connectivity index (χ0n) is 12.9. The molecule has 2 N–H and O–H groups in total. The first-order valence-electron chi connectivity index (χ1n) is 7.00. The summed E-state index contributed by atoms with van der Waals surface area (Å²) < 4.78 is 27.3. The quantitative estimate of drug-likeness (QED) is 0.907. The Morgan fingerprint density at radius 3 is 1.80 bits per heavy atom. The Hall–Kier alpha value is -0.910. The largest absolute Gasteiger partial charge is 0.326 e. The van der Waals surface area contributed by atoms with Crippen molar-refractivity contribution in [3.05, 3.63) is 27.8 Å². The van der Waals surface area contributed by atoms with Gasteiger partial charge in [-0.15, -0.1) is 0 Å². The molecule has 1 aromatic rings. The minimum absolute atomic E-state index is 0.0435. The van der Waals surface area contributed by atoms with E-state index < -0.39 is 10.0 Å². The molecule has 112 valence electrons. The summed E-state index contributed by atoms with van der Waals surface area (Å²) in [7, 11) is -3.44. The van der Waals surface area contributed by atoms with E-state index in [1.807, 2.05) is 34.6 Å². The third kappa shape index (κ3) is 2.28. The normalized spacial score (nSPS) is 20.6. The van der Waals surface area contributed by atoms with E-state index in [-0.39, 0.29) is 6.04 Å². The molecular formula is C15H24N2O2S. The molecule has 1 atom stereocenters. The van der Waals surface area contributed by atoms with Crippen molar-refractivity contribution in [2.24, 2.45) is 5.73 Å². The standard InChI is InChI=1S/C15H24N2O2S/c1-9-10(2)12(4)15(13(5)11(9)3)20(18,19)17-7-6-14(16)8-17/h14H,6-8,16H2,1-5H3. The van der Waals surface area contributed by atoms with E-state index in [1.165, 1.54) is 9.87 Å². The van der Waals surface area contributed by atoms with Gasteiger partial charge >= 0.3 is 0 Å². The molecule has 20 heavy (non-hydrogen) atoms. The van der Waals surface area contributed by atoms with E-state index >= 15 is 0 Å². The topological polar surface area (TPSA) is 63.4 Å². The van der Waals surface area contributed by atoms with Crippen LogP contribution < -0.4 is 5.73 Å². The predicted octanol–water partition coefficient (Wildman–Crippen LogP) is 1.95. The SMILES string of the molecule is Cc1c(C)c(C)c(S(=O)(=O)N2CCC(N)C2)c(C)c1C. The van der Waals surface area contributed by atoms with Gasteiger partial charge in [0, 0.05) is 19.1 Å². The summed E-state index contributed by atoms with van der Waals surface area (Å²) in [4.78, 5) is 0.479. The van der Waals surface area contributed by atoms with Crippen LogP contribution in [0.15, 0.2) is 4.90 Å². The lowest BCUT2D eigenvalue weighted by atomic mass is 9.95. The van der Waals surface area contributed by atoms with Crippen molar-refractivity contribution in [2.45, 2.75) is 52.0 Å². The average molecular weight is 296 g/mol. The molecule has 1 saturated heterocycles. The van der Waals surface area contributed by atoms with Gasteiger partial charge in [0.15, 0.2) is 0 Å². The maximum atomic E-state index is 12.9. The second kappa shape index (κ2) is 5.13. The molecule has 1 aliphatic rings. The van der Waals surface area contributed by atoms with Crippen molar-refractivity contribution in [3.8, 4) is 0 Å². The molecule has 1 fully saturated rings. The van der Waals surface area contributed by atoms with Gasteiger partial charge in [-0.05, 0) is 68.9 Å². The van der Waals surface area contributed by atoms with Crippen LogP contribution in [-0.4, -0.2) is 31.9 Å². The molecule has 5 heteroatoms. The average Bonchev–Trinajstić information content (AvgIpc) is 2.81. The number of sulfonamides is 1. The molecule has 0 aromatic heterocycles. The fourth-order valence-electron chi connectivity index (χ4n) is 2.95. The molecule has 1 unspecified atom stereocenters. The lowest BCUT2D eigenvalue weighted by molar-refractivity contribution is 0.471. The number of benzene rings is 1. The molecule has 0 radical (unpaired) electrons. The number of nitrogens with two attached hydrogens (primary N) is 1. The van der Waals surface area contributed by atoms with Crippen LogP contribution in [0.25, 0.3) is 0 Å². The van der Waals surface area contributed by atoms with Gasteiger partial charge in [-0.2, -0.15) is 4.31 Å². The fraction of sp³-hybridized carbons (Fsp3) is 0.600. The van der Waals surface area contributed by atoms with Crippen molar-refractivity contribution in [1.29, 1.82) is 0 Å². The molecule has 0 aliphatic carbocycles. The van der Waals surface area contributed by atoms with Crippen molar-refractivity contribution in [3.63, 3.8) is 0 Å². The fourth-order valence-corrected chi connectivity index (χ4v) is 5.03. The van der Waals surface area contributed by atoms with Gasteiger partial charge in [-0.25, -0.2) is 8.42 Å². The zero-order valence-corrected chi connectivity index (χ0v) is 13.8. The Labute approximate surface area is 122 Å². The lowest BCUT2D eigenvalue weighted by Crippen LogP contribution is -2.33. The van der Waals surface area contributed by atoms with Crippen LogP contribution in [0.2, 0.25) is 0 Å². The number of nitrogens with zero attached hydrogens (tertiary/aromatic N) is 1. The minimum atomic E-state index is -3.44. The Morgan fingerprint density at radius 2 is 1.40 bits per heavy atom. The van der Waals surface area contributed by atoms with Crippen LogP contribution in [0.4, 0.5) is 0 Å². The van der Waals surface area contributed by atoms with Gasteiger partial charge in [-0.3, -0.25) is 0 Å². The summed E-state index contributed by atoms with van der Waals surface area (Å²) in [5.41, 5.74) is 10.9. The van der Waals surface area contributed by atoms with Gasteiger partial charge in [0.1, 0.15) is 0 Å². The first-order chi connectivity index (χ1) is 9.17. The summed E-state index contributed by atoms with van der Waals surface area (Å²) in [5.74, 6) is 0. The van der Waals surface area contributed by atoms with Gasteiger partial charge in [0.2, 0.25) is 10.0 Å². The van der Waals surface area contributed by atoms with Crippen molar-refractivity contribution in [1.82, 2.24) is 4.31 Å². The van der Waals surface area contributed by atoms with Gasteiger partial charge < -0.3 is 5.73 Å². The molecule has 0 bridgehead atoms. The maximum Gasteiger partial charge on any atom is 0.243 e. The van der Waals surface area contributed by atoms with Crippen molar-refractivity contribution >= 4 is 10.0 Å². The van der Waals surface area contributed by atoms with Gasteiger partial charge in [0.05, 0.1) is 4.90 Å². The van der Waals surface area contributed by atoms with E-state index in [0.29, 0.717) is 18.0 Å². The Morgan fingerprint density at radius 1 is 0.950 bits per heavy atom. The highest BCUT2D eigenvalue weighted by molar-refractivity contribution is 7.89. The number of hydrogen-bond donors (Lipinski definition) is 1. The zero-order chi connectivity index (χ0) is 15.2. The molecule has 0 saturated carbocycles. The molecule has 0 spiro atoms. The highest BCUT2D eigenvalue weighted by atomic mass is 32.2. The number of rotatable bonds is 2. The molecule has 1 aromatic carbocycles. The van der Waals surface area contributed by atoms with Crippen LogP contribution >= 0.6 is 0 Å². The molecule has 1 aliphatic heterocycles. The maximum absolute atomic E-state index is 12.9. The Bertz CT molecular complexity index is 621. The summed E-state index contributed by atoms with van der Waals surface area (Å²) in [6.07, 6.45) is 0.737. The first kappa shape index (κ1) is 15.5. The van der Waals surface area contributed by atoms with E-state index in [1.54, 1.807) is 0 Å². The number of hydrogen-bond acceptors (Lipinski definition) is 3. The second-order valence-electron chi connectivity index (χ2n) is 5.87. The van der Waals surface area contributed by atoms with Crippen LogP contribution in [0.5, 0.6) is 0 Å². The Kier molecular flexibility index (Phi) is 3.97. The highest BCUT2D eigenvalue weighted by Gasteiger charge is 2.34. The molecule has 0 amide bonds. The summed E-state index contributed by atoms with van der Waals surface area (Å²) in [6.45, 7) is 10.8. The monoisotopic (exact) mass is 296 g/mol.